The average Bonchev–Trinajstić information content (AvgIpc) is 2.92. The van der Waals surface area contributed by atoms with Gasteiger partial charge in [-0.15, -0.1) is 0 Å². The van der Waals surface area contributed by atoms with Crippen LogP contribution >= 0.6 is 0 Å². The molecular formula is C38H54O7. The molecular weight excluding hydrogens is 568 g/mol. The van der Waals surface area contributed by atoms with Crippen LogP contribution < -0.4 is 0 Å². The molecule has 0 radical (unpaired) electrons. The van der Waals surface area contributed by atoms with E-state index in [4.69, 9.17) is 0 Å². The molecule has 0 spiro atoms. The van der Waals surface area contributed by atoms with Gasteiger partial charge in [-0.25, -0.2) is 0 Å². The average molecular weight is 623 g/mol. The van der Waals surface area contributed by atoms with E-state index in [1.807, 2.05) is 13.0 Å². The monoisotopic (exact) mass is 622 g/mol. The summed E-state index contributed by atoms with van der Waals surface area (Å²) < 4.78 is 0. The second-order valence-corrected chi connectivity index (χ2v) is 15.7. The maximum absolute atomic E-state index is 14.6. The predicted molar refractivity (Wildman–Crippen MR) is 173 cm³/mol. The van der Waals surface area contributed by atoms with Crippen molar-refractivity contribution in [3.05, 3.63) is 28.3 Å². The Morgan fingerprint density at radius 3 is 2.04 bits per heavy atom. The number of benzene rings is 1. The summed E-state index contributed by atoms with van der Waals surface area (Å²) in [6.07, 6.45) is 7.34. The molecule has 2 saturated carbocycles. The highest BCUT2D eigenvalue weighted by molar-refractivity contribution is 6.32. The lowest BCUT2D eigenvalue weighted by molar-refractivity contribution is -0.205. The Morgan fingerprint density at radius 2 is 1.56 bits per heavy atom. The second-order valence-electron chi connectivity index (χ2n) is 15.7. The van der Waals surface area contributed by atoms with Gasteiger partial charge in [-0.1, -0.05) is 100.0 Å². The third-order valence-corrected chi connectivity index (χ3v) is 11.6. The van der Waals surface area contributed by atoms with Crippen molar-refractivity contribution in [2.75, 3.05) is 0 Å². The Bertz CT molecular complexity index is 1400. The number of ketones is 5. The number of carbonyl (C=O) groups excluding carboxylic acids is 5. The van der Waals surface area contributed by atoms with Crippen LogP contribution in [0.25, 0.3) is 0 Å². The maximum Gasteiger partial charge on any atom is 0.190 e. The van der Waals surface area contributed by atoms with E-state index in [1.54, 1.807) is 20.8 Å². The standard InChI is InChI=1S/C38H54O7/c1-10-12-14-23(15-13-11-2)16-24-17-25(20(3)4)26-18-36(8)19-37(9)29(21(5)6)32(41)27(22(7)39)34(43)38(37,45)35(44)30(36)33(42)28(26)31(24)40/h17,20-21,23,27,29-30,40,45H,10-16,18-19H2,1-9H3/t27?,29?,30?,36-,37-,38+/m1/s1. The molecule has 7 heteroatoms. The Kier molecular flexibility index (Phi) is 9.78. The molecule has 45 heavy (non-hydrogen) atoms. The minimum Gasteiger partial charge on any atom is -0.507 e. The zero-order valence-electron chi connectivity index (χ0n) is 28.8. The van der Waals surface area contributed by atoms with Gasteiger partial charge in [0, 0.05) is 11.3 Å². The number of phenolic OH excluding ortho intramolecular Hbond substituents is 1. The van der Waals surface area contributed by atoms with Crippen LogP contribution in [0, 0.1) is 40.4 Å². The Hall–Kier alpha value is -2.67. The maximum atomic E-state index is 14.6. The Morgan fingerprint density at radius 1 is 0.978 bits per heavy atom. The van der Waals surface area contributed by atoms with E-state index < -0.39 is 63.1 Å². The molecule has 3 unspecified atom stereocenters. The summed E-state index contributed by atoms with van der Waals surface area (Å²) in [4.78, 5) is 69.6. The first-order chi connectivity index (χ1) is 20.9. The fourth-order valence-corrected chi connectivity index (χ4v) is 9.61. The van der Waals surface area contributed by atoms with Crippen molar-refractivity contribution in [1.82, 2.24) is 0 Å². The summed E-state index contributed by atoms with van der Waals surface area (Å²) in [6.45, 7) is 16.6. The van der Waals surface area contributed by atoms with E-state index in [0.717, 1.165) is 51.0 Å². The van der Waals surface area contributed by atoms with Crippen molar-refractivity contribution < 1.29 is 34.2 Å². The molecule has 0 heterocycles. The lowest BCUT2D eigenvalue weighted by atomic mass is 9.39. The SMILES string of the molecule is CCCCC(CCCC)Cc1cc(C(C)C)c2c(c1O)C(=O)C1C(=O)[C@@]3(O)C(=O)C(C(C)=O)C(=O)C(C(C)C)[C@@]3(C)C[C@@]1(C)C2. The van der Waals surface area contributed by atoms with E-state index in [9.17, 15) is 34.2 Å². The van der Waals surface area contributed by atoms with Gasteiger partial charge < -0.3 is 10.2 Å². The third kappa shape index (κ3) is 5.35. The topological polar surface area (TPSA) is 126 Å². The van der Waals surface area contributed by atoms with Crippen molar-refractivity contribution in [3.8, 4) is 5.75 Å². The van der Waals surface area contributed by atoms with E-state index >= 15 is 0 Å². The van der Waals surface area contributed by atoms with Crippen molar-refractivity contribution in [3.63, 3.8) is 0 Å². The number of Topliss-reactive ketones (excluding diaryl/α,β-unsaturated/α-hetero) is 5. The number of fused-ring (bicyclic) bond motifs is 3. The lowest BCUT2D eigenvalue weighted by Crippen LogP contribution is -2.76. The summed E-state index contributed by atoms with van der Waals surface area (Å²) >= 11 is 0. The van der Waals surface area contributed by atoms with Crippen LogP contribution in [0.4, 0.5) is 0 Å². The molecule has 0 amide bonds. The smallest absolute Gasteiger partial charge is 0.190 e. The lowest BCUT2D eigenvalue weighted by Gasteiger charge is -2.62. The van der Waals surface area contributed by atoms with Crippen molar-refractivity contribution >= 4 is 28.9 Å². The van der Waals surface area contributed by atoms with E-state index in [-0.39, 0.29) is 36.0 Å². The molecule has 0 aliphatic heterocycles. The summed E-state index contributed by atoms with van der Waals surface area (Å²) in [7, 11) is 0. The fourth-order valence-electron chi connectivity index (χ4n) is 9.61. The molecule has 7 nitrogen and oxygen atoms in total. The Labute approximate surface area is 268 Å². The minimum absolute atomic E-state index is 0.0418. The molecule has 6 atom stereocenters. The second kappa shape index (κ2) is 12.5. The zero-order chi connectivity index (χ0) is 33.8. The van der Waals surface area contributed by atoms with Crippen LogP contribution in [0.5, 0.6) is 5.75 Å². The molecule has 248 valence electrons. The summed E-state index contributed by atoms with van der Waals surface area (Å²) in [5, 5.41) is 24.1. The zero-order valence-corrected chi connectivity index (χ0v) is 28.8. The molecule has 2 fully saturated rings. The summed E-state index contributed by atoms with van der Waals surface area (Å²) in [6, 6.07) is 2.05. The van der Waals surface area contributed by atoms with Crippen LogP contribution in [0.15, 0.2) is 6.07 Å². The number of carbonyl (C=O) groups is 5. The van der Waals surface area contributed by atoms with Gasteiger partial charge in [-0.3, -0.25) is 24.0 Å². The van der Waals surface area contributed by atoms with Gasteiger partial charge in [0.1, 0.15) is 17.5 Å². The number of hydrogen-bond donors (Lipinski definition) is 2. The van der Waals surface area contributed by atoms with E-state index in [0.29, 0.717) is 23.5 Å². The van der Waals surface area contributed by atoms with Crippen LogP contribution in [0.2, 0.25) is 0 Å². The van der Waals surface area contributed by atoms with Gasteiger partial charge in [0.2, 0.25) is 0 Å². The van der Waals surface area contributed by atoms with Crippen LogP contribution in [-0.2, 0) is 32.0 Å². The molecule has 2 N–H and O–H groups in total. The molecule has 0 aromatic heterocycles. The first-order valence-corrected chi connectivity index (χ1v) is 17.2. The molecule has 0 saturated heterocycles. The van der Waals surface area contributed by atoms with Gasteiger partial charge in [0.15, 0.2) is 28.7 Å². The molecule has 1 aromatic rings. The highest BCUT2D eigenvalue weighted by atomic mass is 16.3. The van der Waals surface area contributed by atoms with Crippen LogP contribution in [0.1, 0.15) is 140 Å². The minimum atomic E-state index is -2.68. The van der Waals surface area contributed by atoms with Gasteiger partial charge >= 0.3 is 0 Å². The molecule has 0 bridgehead atoms. The van der Waals surface area contributed by atoms with Gasteiger partial charge in [-0.05, 0) is 66.0 Å². The Balaban J connectivity index is 1.91. The molecule has 4 rings (SSSR count). The number of rotatable bonds is 11. The number of phenols is 1. The quantitative estimate of drug-likeness (QED) is 0.261. The molecule has 1 aromatic carbocycles. The number of aromatic hydroxyl groups is 1. The van der Waals surface area contributed by atoms with Crippen LogP contribution in [0.3, 0.4) is 0 Å². The van der Waals surface area contributed by atoms with E-state index in [1.165, 1.54) is 0 Å². The molecule has 3 aliphatic rings. The van der Waals surface area contributed by atoms with Crippen molar-refractivity contribution in [2.24, 2.45) is 40.4 Å². The van der Waals surface area contributed by atoms with Gasteiger partial charge in [0.25, 0.3) is 0 Å². The summed E-state index contributed by atoms with van der Waals surface area (Å²) in [5.74, 6) is -8.04. The third-order valence-electron chi connectivity index (χ3n) is 11.6. The van der Waals surface area contributed by atoms with E-state index in [2.05, 4.69) is 27.7 Å². The van der Waals surface area contributed by atoms with Crippen molar-refractivity contribution in [2.45, 2.75) is 132 Å². The molecule has 3 aliphatic carbocycles. The summed E-state index contributed by atoms with van der Waals surface area (Å²) in [5.41, 5.74) is -2.69. The number of unbranched alkanes of at least 4 members (excludes halogenated alkanes) is 2. The highest BCUT2D eigenvalue weighted by Crippen LogP contribution is 2.64. The first kappa shape index (κ1) is 35.2. The normalized spacial score (nSPS) is 31.4. The van der Waals surface area contributed by atoms with Crippen molar-refractivity contribution in [1.29, 1.82) is 0 Å². The van der Waals surface area contributed by atoms with Crippen LogP contribution in [-0.4, -0.2) is 44.7 Å². The largest absolute Gasteiger partial charge is 0.507 e. The fraction of sp³-hybridized carbons (Fsp3) is 0.711. The highest BCUT2D eigenvalue weighted by Gasteiger charge is 2.76. The number of aliphatic hydroxyl groups is 1. The predicted octanol–water partition coefficient (Wildman–Crippen LogP) is 6.76. The number of hydrogen-bond acceptors (Lipinski definition) is 7. The first-order valence-electron chi connectivity index (χ1n) is 17.2. The van der Waals surface area contributed by atoms with Gasteiger partial charge in [-0.2, -0.15) is 0 Å². The van der Waals surface area contributed by atoms with Gasteiger partial charge in [0.05, 0.1) is 11.5 Å².